The number of anilines is 2. The van der Waals surface area contributed by atoms with Gasteiger partial charge in [0.2, 0.25) is 5.95 Å². The predicted molar refractivity (Wildman–Crippen MR) is 113 cm³/mol. The maximum Gasteiger partial charge on any atom is 0.272 e. The summed E-state index contributed by atoms with van der Waals surface area (Å²) in [5, 5.41) is 3.38. The minimum Gasteiger partial charge on any atom is -0.381 e. The predicted octanol–water partition coefficient (Wildman–Crippen LogP) is 2.75. The fourth-order valence-electron chi connectivity index (χ4n) is 3.41. The molecule has 1 aromatic carbocycles. The zero-order valence-electron chi connectivity index (χ0n) is 16.5. The van der Waals surface area contributed by atoms with Gasteiger partial charge in [0, 0.05) is 57.0 Å². The normalized spacial score (nSPS) is 14.0. The number of nitrogens with zero attached hydrogens (tertiary/aromatic N) is 5. The molecule has 0 radical (unpaired) electrons. The second kappa shape index (κ2) is 8.68. The maximum absolute atomic E-state index is 12.9. The second-order valence-electron chi connectivity index (χ2n) is 7.10. The minimum atomic E-state index is -0.0437. The Balaban J connectivity index is 1.36. The van der Waals surface area contributed by atoms with Crippen molar-refractivity contribution in [1.82, 2.24) is 19.9 Å². The number of hydrogen-bond donors (Lipinski definition) is 1. The lowest BCUT2D eigenvalue weighted by molar-refractivity contribution is 0.0740. The van der Waals surface area contributed by atoms with Gasteiger partial charge in [-0.05, 0) is 30.7 Å². The van der Waals surface area contributed by atoms with Gasteiger partial charge in [-0.15, -0.1) is 0 Å². The van der Waals surface area contributed by atoms with Crippen LogP contribution in [0.4, 0.5) is 11.6 Å². The van der Waals surface area contributed by atoms with Gasteiger partial charge in [-0.25, -0.2) is 9.97 Å². The van der Waals surface area contributed by atoms with E-state index >= 15 is 0 Å². The Hall–Kier alpha value is -3.48. The first-order valence-corrected chi connectivity index (χ1v) is 9.76. The third-order valence-corrected chi connectivity index (χ3v) is 4.96. The van der Waals surface area contributed by atoms with Crippen molar-refractivity contribution in [2.24, 2.45) is 0 Å². The van der Waals surface area contributed by atoms with Crippen molar-refractivity contribution in [3.05, 3.63) is 77.9 Å². The Kier molecular flexibility index (Phi) is 5.65. The highest BCUT2D eigenvalue weighted by atomic mass is 16.2. The van der Waals surface area contributed by atoms with Crippen LogP contribution in [0.5, 0.6) is 0 Å². The number of rotatable bonds is 5. The number of amides is 1. The molecule has 7 heteroatoms. The molecular weight excluding hydrogens is 364 g/mol. The zero-order valence-corrected chi connectivity index (χ0v) is 16.5. The van der Waals surface area contributed by atoms with E-state index in [-0.39, 0.29) is 5.91 Å². The summed E-state index contributed by atoms with van der Waals surface area (Å²) in [4.78, 5) is 29.7. The third kappa shape index (κ3) is 4.68. The van der Waals surface area contributed by atoms with Crippen LogP contribution in [0.3, 0.4) is 0 Å². The van der Waals surface area contributed by atoms with E-state index in [0.717, 1.165) is 5.69 Å². The Morgan fingerprint density at radius 2 is 1.76 bits per heavy atom. The molecule has 1 aliphatic heterocycles. The fraction of sp³-hybridized carbons (Fsp3) is 0.273. The van der Waals surface area contributed by atoms with Crippen molar-refractivity contribution >= 4 is 17.5 Å². The summed E-state index contributed by atoms with van der Waals surface area (Å²) < 4.78 is 0. The van der Waals surface area contributed by atoms with Crippen LogP contribution in [0.25, 0.3) is 0 Å². The number of carbonyl (C=O) groups excluding carboxylic acids is 1. The summed E-state index contributed by atoms with van der Waals surface area (Å²) in [7, 11) is 0. The molecule has 0 aliphatic carbocycles. The van der Waals surface area contributed by atoms with Crippen LogP contribution in [0.2, 0.25) is 0 Å². The Labute approximate surface area is 170 Å². The zero-order chi connectivity index (χ0) is 20.1. The van der Waals surface area contributed by atoms with Gasteiger partial charge in [0.1, 0.15) is 5.69 Å². The van der Waals surface area contributed by atoms with Crippen molar-refractivity contribution in [2.75, 3.05) is 36.4 Å². The molecule has 0 atom stereocenters. The molecule has 1 amide bonds. The van der Waals surface area contributed by atoms with Gasteiger partial charge in [0.15, 0.2) is 0 Å². The highest BCUT2D eigenvalue weighted by Crippen LogP contribution is 2.15. The van der Waals surface area contributed by atoms with E-state index in [4.69, 9.17) is 0 Å². The topological polar surface area (TPSA) is 74.2 Å². The number of aryl methyl sites for hydroxylation is 1. The summed E-state index contributed by atoms with van der Waals surface area (Å²) in [6, 6.07) is 13.9. The summed E-state index contributed by atoms with van der Waals surface area (Å²) in [5.41, 5.74) is 3.79. The monoisotopic (exact) mass is 388 g/mol. The number of pyridine rings is 1. The van der Waals surface area contributed by atoms with E-state index < -0.39 is 0 Å². The van der Waals surface area contributed by atoms with Gasteiger partial charge in [-0.3, -0.25) is 9.78 Å². The number of carbonyl (C=O) groups is 1. The molecule has 0 saturated carbocycles. The highest BCUT2D eigenvalue weighted by molar-refractivity contribution is 5.93. The van der Waals surface area contributed by atoms with Crippen molar-refractivity contribution in [3.63, 3.8) is 0 Å². The lowest BCUT2D eigenvalue weighted by Crippen LogP contribution is -2.49. The Bertz CT molecular complexity index is 970. The average Bonchev–Trinajstić information content (AvgIpc) is 2.78. The molecule has 148 valence electrons. The molecular formula is C22H24N6O. The summed E-state index contributed by atoms with van der Waals surface area (Å²) in [5.74, 6) is 0.665. The molecule has 1 aliphatic rings. The first-order valence-electron chi connectivity index (χ1n) is 9.76. The number of hydrogen-bond acceptors (Lipinski definition) is 6. The standard InChI is InChI=1S/C22H24N6O/c1-17-4-2-5-18(14-17)16-26-19-6-9-23-20(15-19)21(29)27-10-12-28(13-11-27)22-24-7-3-8-25-22/h2-9,14-15H,10-13,16H2,1H3,(H,23,26). The molecule has 0 bridgehead atoms. The molecule has 0 unspecified atom stereocenters. The lowest BCUT2D eigenvalue weighted by Gasteiger charge is -2.34. The number of piperazine rings is 1. The van der Waals surface area contributed by atoms with E-state index in [9.17, 15) is 4.79 Å². The molecule has 1 N–H and O–H groups in total. The molecule has 29 heavy (non-hydrogen) atoms. The summed E-state index contributed by atoms with van der Waals surface area (Å²) in [6.45, 7) is 5.45. The van der Waals surface area contributed by atoms with E-state index in [2.05, 4.69) is 50.3 Å². The molecule has 7 nitrogen and oxygen atoms in total. The van der Waals surface area contributed by atoms with Crippen LogP contribution in [-0.4, -0.2) is 51.9 Å². The maximum atomic E-state index is 12.9. The molecule has 2 aromatic heterocycles. The van der Waals surface area contributed by atoms with E-state index in [0.29, 0.717) is 44.4 Å². The number of nitrogens with one attached hydrogen (secondary N) is 1. The third-order valence-electron chi connectivity index (χ3n) is 4.96. The van der Waals surface area contributed by atoms with Crippen molar-refractivity contribution in [1.29, 1.82) is 0 Å². The minimum absolute atomic E-state index is 0.0437. The van der Waals surface area contributed by atoms with Crippen molar-refractivity contribution in [3.8, 4) is 0 Å². The van der Waals surface area contributed by atoms with E-state index in [1.165, 1.54) is 11.1 Å². The lowest BCUT2D eigenvalue weighted by atomic mass is 10.1. The van der Waals surface area contributed by atoms with Crippen LogP contribution in [-0.2, 0) is 6.54 Å². The van der Waals surface area contributed by atoms with Gasteiger partial charge < -0.3 is 15.1 Å². The van der Waals surface area contributed by atoms with Crippen LogP contribution < -0.4 is 10.2 Å². The quantitative estimate of drug-likeness (QED) is 0.724. The molecule has 3 aromatic rings. The van der Waals surface area contributed by atoms with Crippen LogP contribution >= 0.6 is 0 Å². The van der Waals surface area contributed by atoms with Gasteiger partial charge in [-0.1, -0.05) is 29.8 Å². The molecule has 1 saturated heterocycles. The van der Waals surface area contributed by atoms with Gasteiger partial charge >= 0.3 is 0 Å². The Morgan fingerprint density at radius 3 is 2.52 bits per heavy atom. The van der Waals surface area contributed by atoms with Gasteiger partial charge in [0.05, 0.1) is 0 Å². The smallest absolute Gasteiger partial charge is 0.272 e. The molecule has 3 heterocycles. The number of aromatic nitrogens is 3. The fourth-order valence-corrected chi connectivity index (χ4v) is 3.41. The Morgan fingerprint density at radius 1 is 0.966 bits per heavy atom. The van der Waals surface area contributed by atoms with E-state index in [1.54, 1.807) is 24.7 Å². The van der Waals surface area contributed by atoms with Gasteiger partial charge in [-0.2, -0.15) is 0 Å². The van der Waals surface area contributed by atoms with Gasteiger partial charge in [0.25, 0.3) is 5.91 Å². The first-order chi connectivity index (χ1) is 14.2. The van der Waals surface area contributed by atoms with E-state index in [1.807, 2.05) is 23.1 Å². The second-order valence-corrected chi connectivity index (χ2v) is 7.10. The van der Waals surface area contributed by atoms with Crippen LogP contribution in [0.1, 0.15) is 21.6 Å². The summed E-state index contributed by atoms with van der Waals surface area (Å²) in [6.07, 6.45) is 5.15. The molecule has 1 fully saturated rings. The van der Waals surface area contributed by atoms with Crippen molar-refractivity contribution < 1.29 is 4.79 Å². The highest BCUT2D eigenvalue weighted by Gasteiger charge is 2.24. The SMILES string of the molecule is Cc1cccc(CNc2ccnc(C(=O)N3CCN(c4ncccn4)CC3)c2)c1. The number of benzene rings is 1. The molecule has 4 rings (SSSR count). The van der Waals surface area contributed by atoms with Crippen LogP contribution in [0, 0.1) is 6.92 Å². The molecule has 0 spiro atoms. The average molecular weight is 388 g/mol. The van der Waals surface area contributed by atoms with Crippen molar-refractivity contribution in [2.45, 2.75) is 13.5 Å². The first kappa shape index (κ1) is 18.9. The summed E-state index contributed by atoms with van der Waals surface area (Å²) >= 11 is 0. The largest absolute Gasteiger partial charge is 0.381 e. The van der Waals surface area contributed by atoms with Crippen LogP contribution in [0.15, 0.2) is 61.1 Å².